The smallest absolute Gasteiger partial charge is 0.0562 e. The first kappa shape index (κ1) is 16.3. The molecular weight excluding hydrogens is 276 g/mol. The predicted octanol–water partition coefficient (Wildman–Crippen LogP) is 5.62. The van der Waals surface area contributed by atoms with Gasteiger partial charge >= 0.3 is 0 Å². The Morgan fingerprint density at radius 2 is 1.95 bits per heavy atom. The number of allylic oxidation sites excluding steroid dienone is 1. The Morgan fingerprint density at radius 3 is 2.48 bits per heavy atom. The van der Waals surface area contributed by atoms with E-state index in [0.717, 1.165) is 6.42 Å². The Kier molecular flexibility index (Phi) is 4.62. The minimum absolute atomic E-state index is 0.0640. The summed E-state index contributed by atoms with van der Waals surface area (Å²) in [5, 5.41) is 7.33. The van der Waals surface area contributed by atoms with Crippen molar-refractivity contribution in [2.75, 3.05) is 16.9 Å². The van der Waals surface area contributed by atoms with E-state index in [4.69, 9.17) is 0 Å². The van der Waals surface area contributed by atoms with Gasteiger partial charge in [0.2, 0.25) is 0 Å². The molecule has 0 saturated carbocycles. The largest absolute Gasteiger partial charge is 0.383 e. The van der Waals surface area contributed by atoms with Gasteiger partial charge in [-0.3, -0.25) is 0 Å². The fraction of sp³-hybridized carbons (Fsp3) is 0.556. The van der Waals surface area contributed by atoms with Crippen molar-refractivity contribution >= 4 is 28.7 Å². The summed E-state index contributed by atoms with van der Waals surface area (Å²) in [6, 6.07) is 5.00. The van der Waals surface area contributed by atoms with Crippen molar-refractivity contribution in [1.82, 2.24) is 0 Å². The van der Waals surface area contributed by atoms with Crippen LogP contribution >= 0.6 is 11.8 Å². The van der Waals surface area contributed by atoms with Gasteiger partial charge in [0, 0.05) is 22.2 Å². The van der Waals surface area contributed by atoms with E-state index in [2.05, 4.69) is 70.6 Å². The summed E-state index contributed by atoms with van der Waals surface area (Å²) < 4.78 is 0. The quantitative estimate of drug-likeness (QED) is 0.706. The molecule has 0 bridgehead atoms. The van der Waals surface area contributed by atoms with Crippen molar-refractivity contribution in [1.29, 1.82) is 0 Å². The second kappa shape index (κ2) is 5.96. The Balaban J connectivity index is 2.61. The maximum Gasteiger partial charge on any atom is 0.0562 e. The Labute approximate surface area is 133 Å². The van der Waals surface area contributed by atoms with E-state index < -0.39 is 0 Å². The number of nitrogens with one attached hydrogen (secondary N) is 2. The molecule has 0 radical (unpaired) electrons. The van der Waals surface area contributed by atoms with E-state index >= 15 is 0 Å². The lowest BCUT2D eigenvalue weighted by Gasteiger charge is -2.39. The number of thioether (sulfide) groups is 1. The lowest BCUT2D eigenvalue weighted by atomic mass is 9.81. The third kappa shape index (κ3) is 2.94. The van der Waals surface area contributed by atoms with Crippen molar-refractivity contribution in [2.45, 2.75) is 64.4 Å². The Morgan fingerprint density at radius 1 is 1.29 bits per heavy atom. The van der Waals surface area contributed by atoms with Crippen molar-refractivity contribution < 1.29 is 0 Å². The van der Waals surface area contributed by atoms with Gasteiger partial charge in [-0.25, -0.2) is 0 Å². The van der Waals surface area contributed by atoms with E-state index in [-0.39, 0.29) is 5.54 Å². The molecule has 0 saturated heterocycles. The van der Waals surface area contributed by atoms with Crippen LogP contribution in [0.25, 0.3) is 5.57 Å². The molecule has 3 heteroatoms. The Hall–Kier alpha value is -1.09. The number of benzene rings is 1. The highest BCUT2D eigenvalue weighted by Gasteiger charge is 2.32. The third-order valence-electron chi connectivity index (χ3n) is 4.68. The summed E-state index contributed by atoms with van der Waals surface area (Å²) in [5.74, 6) is 0. The van der Waals surface area contributed by atoms with Gasteiger partial charge < -0.3 is 10.6 Å². The monoisotopic (exact) mass is 304 g/mol. The number of hydrogen-bond acceptors (Lipinski definition) is 3. The molecule has 0 aliphatic carbocycles. The van der Waals surface area contributed by atoms with Gasteiger partial charge in [0.05, 0.1) is 11.2 Å². The molecule has 0 aromatic heterocycles. The molecule has 0 fully saturated rings. The van der Waals surface area contributed by atoms with Gasteiger partial charge in [0.25, 0.3) is 0 Å². The number of anilines is 2. The van der Waals surface area contributed by atoms with Crippen LogP contribution in [-0.2, 0) is 0 Å². The van der Waals surface area contributed by atoms with Crippen LogP contribution in [0.3, 0.4) is 0 Å². The van der Waals surface area contributed by atoms with Crippen molar-refractivity contribution in [2.24, 2.45) is 0 Å². The lowest BCUT2D eigenvalue weighted by Crippen LogP contribution is -2.38. The van der Waals surface area contributed by atoms with Crippen LogP contribution in [0.15, 0.2) is 22.6 Å². The molecule has 1 heterocycles. The van der Waals surface area contributed by atoms with Crippen LogP contribution in [0, 0.1) is 0 Å². The van der Waals surface area contributed by atoms with Gasteiger partial charge in [-0.15, -0.1) is 11.8 Å². The molecule has 2 rings (SSSR count). The number of hydrogen-bond donors (Lipinski definition) is 2. The van der Waals surface area contributed by atoms with Gasteiger partial charge in [0.15, 0.2) is 0 Å². The summed E-state index contributed by atoms with van der Waals surface area (Å²) in [6.45, 7) is 13.4. The average molecular weight is 305 g/mol. The number of rotatable bonds is 4. The summed E-state index contributed by atoms with van der Waals surface area (Å²) in [4.78, 5) is 1.32. The molecule has 1 aromatic carbocycles. The highest BCUT2D eigenvalue weighted by Crippen LogP contribution is 2.45. The topological polar surface area (TPSA) is 24.1 Å². The average Bonchev–Trinajstić information content (AvgIpc) is 2.44. The fourth-order valence-electron chi connectivity index (χ4n) is 2.96. The maximum atomic E-state index is 3.80. The third-order valence-corrected chi connectivity index (χ3v) is 5.44. The zero-order chi connectivity index (χ0) is 15.8. The first-order chi connectivity index (χ1) is 9.82. The highest BCUT2D eigenvalue weighted by atomic mass is 32.2. The van der Waals surface area contributed by atoms with Crippen molar-refractivity contribution in [3.8, 4) is 0 Å². The van der Waals surface area contributed by atoms with Crippen LogP contribution in [-0.4, -0.2) is 17.8 Å². The van der Waals surface area contributed by atoms with E-state index in [1.54, 1.807) is 0 Å². The van der Waals surface area contributed by atoms with E-state index in [1.165, 1.54) is 33.0 Å². The minimum Gasteiger partial charge on any atom is -0.383 e. The van der Waals surface area contributed by atoms with E-state index in [9.17, 15) is 0 Å². The van der Waals surface area contributed by atoms with Gasteiger partial charge in [0.1, 0.15) is 0 Å². The first-order valence-electron chi connectivity index (χ1n) is 7.77. The Bertz CT molecular complexity index is 575. The molecule has 1 unspecified atom stereocenters. The SMILES string of the molecule is CCC1(C)Nc2c(SC)cc(NC(C)C)cc2C(C)=C1C. The minimum atomic E-state index is 0.0640. The molecule has 2 N–H and O–H groups in total. The molecule has 1 aromatic rings. The normalized spacial score (nSPS) is 21.3. The predicted molar refractivity (Wildman–Crippen MR) is 97.6 cm³/mol. The van der Waals surface area contributed by atoms with E-state index in [1.807, 2.05) is 11.8 Å². The first-order valence-corrected chi connectivity index (χ1v) is 9.00. The molecule has 21 heavy (non-hydrogen) atoms. The molecular formula is C18H28N2S. The second-order valence-corrected chi connectivity index (χ2v) is 7.31. The van der Waals surface area contributed by atoms with Crippen LogP contribution < -0.4 is 10.6 Å². The zero-order valence-electron chi connectivity index (χ0n) is 14.3. The second-order valence-electron chi connectivity index (χ2n) is 6.46. The highest BCUT2D eigenvalue weighted by molar-refractivity contribution is 7.98. The molecule has 2 nitrogen and oxygen atoms in total. The van der Waals surface area contributed by atoms with Crippen LogP contribution in [0.1, 0.15) is 53.5 Å². The molecule has 116 valence electrons. The van der Waals surface area contributed by atoms with Crippen LogP contribution in [0.5, 0.6) is 0 Å². The standard InChI is InChI=1S/C18H28N2S/c1-8-18(6)13(5)12(4)15-9-14(19-11(2)3)10-16(21-7)17(15)20-18/h9-11,19-20H,8H2,1-7H3. The molecule has 0 amide bonds. The summed E-state index contributed by atoms with van der Waals surface area (Å²) in [6.07, 6.45) is 3.25. The van der Waals surface area contributed by atoms with Crippen molar-refractivity contribution in [3.63, 3.8) is 0 Å². The van der Waals surface area contributed by atoms with Crippen molar-refractivity contribution in [3.05, 3.63) is 23.3 Å². The number of fused-ring (bicyclic) bond motifs is 1. The van der Waals surface area contributed by atoms with Crippen LogP contribution in [0.4, 0.5) is 11.4 Å². The molecule has 1 aliphatic heterocycles. The molecule has 0 spiro atoms. The van der Waals surface area contributed by atoms with Gasteiger partial charge in [-0.2, -0.15) is 0 Å². The lowest BCUT2D eigenvalue weighted by molar-refractivity contribution is 0.571. The van der Waals surface area contributed by atoms with Gasteiger partial charge in [-0.05, 0) is 70.6 Å². The molecule has 1 aliphatic rings. The maximum absolute atomic E-state index is 3.80. The summed E-state index contributed by atoms with van der Waals surface area (Å²) in [7, 11) is 0. The molecule has 1 atom stereocenters. The zero-order valence-corrected chi connectivity index (χ0v) is 15.2. The summed E-state index contributed by atoms with van der Waals surface area (Å²) in [5.41, 5.74) is 6.77. The summed E-state index contributed by atoms with van der Waals surface area (Å²) >= 11 is 1.81. The van der Waals surface area contributed by atoms with E-state index in [0.29, 0.717) is 6.04 Å². The van der Waals surface area contributed by atoms with Crippen LogP contribution in [0.2, 0.25) is 0 Å². The van der Waals surface area contributed by atoms with Gasteiger partial charge in [-0.1, -0.05) is 6.92 Å². The fourth-order valence-corrected chi connectivity index (χ4v) is 3.57.